The minimum atomic E-state index is 0. The lowest BCUT2D eigenvalue weighted by Gasteiger charge is -1.97. The quantitative estimate of drug-likeness (QED) is 0.569. The molecule has 0 N–H and O–H groups in total. The molecule has 2 rings (SSSR count). The van der Waals surface area contributed by atoms with Crippen molar-refractivity contribution in [3.63, 3.8) is 0 Å². The third kappa shape index (κ3) is 1.44. The molecule has 0 saturated heterocycles. The van der Waals surface area contributed by atoms with Crippen molar-refractivity contribution in [3.8, 4) is 0 Å². The first kappa shape index (κ1) is 9.08. The number of halogens is 1. The molecule has 0 spiro atoms. The molecule has 1 heteroatoms. The summed E-state index contributed by atoms with van der Waals surface area (Å²) in [5, 5.41) is 3.14. The van der Waals surface area contributed by atoms with Gasteiger partial charge in [0, 0.05) is 10.4 Å². The Morgan fingerprint density at radius 1 is 0.833 bits per heavy atom. The number of fused-ring (bicyclic) bond motifs is 1. The predicted octanol–water partition coefficient (Wildman–Crippen LogP) is 4.13. The van der Waals surface area contributed by atoms with E-state index in [0.29, 0.717) is 0 Å². The smallest absolute Gasteiger partial charge is 0.0484 e. The van der Waals surface area contributed by atoms with Crippen LogP contribution in [0.3, 0.4) is 0 Å². The van der Waals surface area contributed by atoms with Crippen LogP contribution in [0.1, 0.15) is 7.43 Å². The minimum absolute atomic E-state index is 0. The largest absolute Gasteiger partial charge is 0.0837 e. The summed E-state index contributed by atoms with van der Waals surface area (Å²) in [7, 11) is 0. The van der Waals surface area contributed by atoms with Crippen molar-refractivity contribution in [2.45, 2.75) is 7.43 Å². The zero-order valence-electron chi connectivity index (χ0n) is 5.92. The minimum Gasteiger partial charge on any atom is -0.0837 e. The first-order valence-electron chi connectivity index (χ1n) is 3.51. The van der Waals surface area contributed by atoms with Crippen molar-refractivity contribution in [3.05, 3.63) is 47.5 Å². The van der Waals surface area contributed by atoms with Gasteiger partial charge in [-0.1, -0.05) is 55.4 Å². The molecule has 0 amide bonds. The Hall–Kier alpha value is -1.01. The summed E-state index contributed by atoms with van der Waals surface area (Å²) in [6, 6.07) is 14.0. The van der Waals surface area contributed by atoms with Gasteiger partial charge in [0.2, 0.25) is 0 Å². The molecule has 12 heavy (non-hydrogen) atoms. The average Bonchev–Trinajstić information content (AvgIpc) is 2.06. The lowest BCUT2D eigenvalue weighted by Crippen LogP contribution is -1.70. The van der Waals surface area contributed by atoms with Gasteiger partial charge in [0.25, 0.3) is 0 Å². The van der Waals surface area contributed by atoms with E-state index in [0.717, 1.165) is 10.4 Å². The van der Waals surface area contributed by atoms with Crippen LogP contribution >= 0.6 is 11.6 Å². The van der Waals surface area contributed by atoms with E-state index in [1.54, 1.807) is 0 Å². The second kappa shape index (κ2) is 3.59. The second-order valence-corrected chi connectivity index (χ2v) is 2.87. The van der Waals surface area contributed by atoms with E-state index < -0.39 is 0 Å². The van der Waals surface area contributed by atoms with Crippen LogP contribution in [0.5, 0.6) is 0 Å². The summed E-state index contributed by atoms with van der Waals surface area (Å²) < 4.78 is 0. The summed E-state index contributed by atoms with van der Waals surface area (Å²) >= 11 is 5.96. The molecule has 0 aliphatic rings. The van der Waals surface area contributed by atoms with Crippen LogP contribution in [0.25, 0.3) is 10.8 Å². The number of benzene rings is 2. The fourth-order valence-corrected chi connectivity index (χ4v) is 1.43. The topological polar surface area (TPSA) is 0 Å². The average molecular weight is 179 g/mol. The van der Waals surface area contributed by atoms with Crippen LogP contribution in [-0.2, 0) is 0 Å². The Kier molecular flexibility index (Phi) is 2.72. The maximum absolute atomic E-state index is 5.96. The van der Waals surface area contributed by atoms with Crippen LogP contribution in [0, 0.1) is 0 Å². The zero-order valence-corrected chi connectivity index (χ0v) is 6.68. The molecule has 0 radical (unpaired) electrons. The number of hydrogen-bond donors (Lipinski definition) is 0. The highest BCUT2D eigenvalue weighted by molar-refractivity contribution is 6.35. The van der Waals surface area contributed by atoms with Gasteiger partial charge in [-0.15, -0.1) is 0 Å². The van der Waals surface area contributed by atoms with Crippen molar-refractivity contribution in [2.75, 3.05) is 0 Å². The maximum atomic E-state index is 5.96. The van der Waals surface area contributed by atoms with Gasteiger partial charge in [-0.05, 0) is 11.5 Å². The van der Waals surface area contributed by atoms with E-state index in [1.165, 1.54) is 5.39 Å². The van der Waals surface area contributed by atoms with E-state index in [4.69, 9.17) is 11.6 Å². The van der Waals surface area contributed by atoms with Crippen LogP contribution in [0.2, 0.25) is 5.02 Å². The van der Waals surface area contributed by atoms with Gasteiger partial charge in [-0.25, -0.2) is 0 Å². The van der Waals surface area contributed by atoms with Crippen molar-refractivity contribution < 1.29 is 0 Å². The molecule has 0 saturated carbocycles. The second-order valence-electron chi connectivity index (χ2n) is 2.46. The van der Waals surface area contributed by atoms with Crippen LogP contribution < -0.4 is 0 Å². The molecule has 0 aliphatic heterocycles. The van der Waals surface area contributed by atoms with E-state index in [9.17, 15) is 0 Å². The summed E-state index contributed by atoms with van der Waals surface area (Å²) in [6.45, 7) is 0. The Morgan fingerprint density at radius 2 is 1.50 bits per heavy atom. The third-order valence-electron chi connectivity index (χ3n) is 1.74. The molecule has 0 unspecified atom stereocenters. The van der Waals surface area contributed by atoms with Crippen molar-refractivity contribution in [1.82, 2.24) is 0 Å². The van der Waals surface area contributed by atoms with E-state index in [1.807, 2.05) is 30.3 Å². The lowest BCUT2D eigenvalue weighted by atomic mass is 10.1. The Labute approximate surface area is 77.8 Å². The molecule has 0 atom stereocenters. The van der Waals surface area contributed by atoms with Crippen LogP contribution in [0.15, 0.2) is 42.5 Å². The van der Waals surface area contributed by atoms with Crippen molar-refractivity contribution in [1.29, 1.82) is 0 Å². The van der Waals surface area contributed by atoms with Crippen LogP contribution in [-0.4, -0.2) is 0 Å². The highest BCUT2D eigenvalue weighted by Gasteiger charge is 1.93. The third-order valence-corrected chi connectivity index (χ3v) is 2.07. The van der Waals surface area contributed by atoms with Gasteiger partial charge in [-0.2, -0.15) is 0 Å². The van der Waals surface area contributed by atoms with Crippen LogP contribution in [0.4, 0.5) is 0 Å². The number of rotatable bonds is 0. The molecule has 0 heterocycles. The molecule has 0 aromatic heterocycles. The van der Waals surface area contributed by atoms with Gasteiger partial charge in [0.05, 0.1) is 0 Å². The lowest BCUT2D eigenvalue weighted by molar-refractivity contribution is 1.75. The first-order chi connectivity index (χ1) is 5.38. The highest BCUT2D eigenvalue weighted by Crippen LogP contribution is 2.21. The first-order valence-corrected chi connectivity index (χ1v) is 3.89. The molecule has 0 aliphatic carbocycles. The van der Waals surface area contributed by atoms with Gasteiger partial charge >= 0.3 is 0 Å². The Balaban J connectivity index is 0.000000720. The monoisotopic (exact) mass is 178 g/mol. The van der Waals surface area contributed by atoms with E-state index in [-0.39, 0.29) is 7.43 Å². The van der Waals surface area contributed by atoms with Crippen molar-refractivity contribution in [2.24, 2.45) is 0 Å². The molecular weight excluding hydrogens is 168 g/mol. The standard InChI is InChI=1S/C10H7Cl.CH4/c11-10-7-3-5-8-4-1-2-6-9(8)10;/h1-7H;1H4. The molecule has 2 aromatic rings. The number of hydrogen-bond acceptors (Lipinski definition) is 0. The zero-order chi connectivity index (χ0) is 7.68. The summed E-state index contributed by atoms with van der Waals surface area (Å²) in [4.78, 5) is 0. The summed E-state index contributed by atoms with van der Waals surface area (Å²) in [5.41, 5.74) is 0. The van der Waals surface area contributed by atoms with Gasteiger partial charge in [-0.3, -0.25) is 0 Å². The molecule has 62 valence electrons. The van der Waals surface area contributed by atoms with E-state index >= 15 is 0 Å². The SMILES string of the molecule is C.Clc1cccc2ccccc12. The normalized spacial score (nSPS) is 9.42. The van der Waals surface area contributed by atoms with Gasteiger partial charge in [0.15, 0.2) is 0 Å². The Bertz CT molecular complexity index is 374. The maximum Gasteiger partial charge on any atom is 0.0484 e. The molecule has 2 aromatic carbocycles. The summed E-state index contributed by atoms with van der Waals surface area (Å²) in [6.07, 6.45) is 0. The predicted molar refractivity (Wildman–Crippen MR) is 55.7 cm³/mol. The molecule has 0 fully saturated rings. The molecule has 0 nitrogen and oxygen atoms in total. The fraction of sp³-hybridized carbons (Fsp3) is 0.0909. The summed E-state index contributed by atoms with van der Waals surface area (Å²) in [5.74, 6) is 0. The highest BCUT2D eigenvalue weighted by atomic mass is 35.5. The molecular formula is C11H11Cl. The van der Waals surface area contributed by atoms with Crippen molar-refractivity contribution >= 4 is 22.4 Å². The van der Waals surface area contributed by atoms with Gasteiger partial charge in [0.1, 0.15) is 0 Å². The van der Waals surface area contributed by atoms with E-state index in [2.05, 4.69) is 12.1 Å². The van der Waals surface area contributed by atoms with Gasteiger partial charge < -0.3 is 0 Å². The molecule has 0 bridgehead atoms. The fourth-order valence-electron chi connectivity index (χ4n) is 1.19. The Morgan fingerprint density at radius 3 is 2.25 bits per heavy atom.